The zero-order valence-corrected chi connectivity index (χ0v) is 17.7. The van der Waals surface area contributed by atoms with E-state index in [-0.39, 0.29) is 22.0 Å². The average Bonchev–Trinajstić information content (AvgIpc) is 3.12. The lowest BCUT2D eigenvalue weighted by molar-refractivity contribution is -0.115. The number of halogens is 1. The topological polar surface area (TPSA) is 66.5 Å². The van der Waals surface area contributed by atoms with Gasteiger partial charge in [0.15, 0.2) is 0 Å². The lowest BCUT2D eigenvalue weighted by Gasteiger charge is -2.26. The first-order chi connectivity index (χ1) is 14.4. The van der Waals surface area contributed by atoms with Crippen LogP contribution in [-0.2, 0) is 14.8 Å². The van der Waals surface area contributed by atoms with Crippen molar-refractivity contribution < 1.29 is 17.6 Å². The summed E-state index contributed by atoms with van der Waals surface area (Å²) in [4.78, 5) is 14.3. The van der Waals surface area contributed by atoms with Crippen LogP contribution < -0.4 is 9.62 Å². The van der Waals surface area contributed by atoms with Gasteiger partial charge in [-0.15, -0.1) is 11.8 Å². The summed E-state index contributed by atoms with van der Waals surface area (Å²) in [6, 6.07) is 19.7. The molecule has 0 radical (unpaired) electrons. The molecule has 1 amide bonds. The van der Waals surface area contributed by atoms with Crippen molar-refractivity contribution in [3.63, 3.8) is 0 Å². The molecule has 3 aromatic carbocycles. The van der Waals surface area contributed by atoms with E-state index in [9.17, 15) is 17.6 Å². The number of anilines is 2. The van der Waals surface area contributed by atoms with E-state index in [0.717, 1.165) is 5.56 Å². The number of hydrogen-bond donors (Lipinski definition) is 1. The summed E-state index contributed by atoms with van der Waals surface area (Å²) in [6.45, 7) is 1.65. The van der Waals surface area contributed by atoms with E-state index in [2.05, 4.69) is 4.72 Å². The third-order valence-electron chi connectivity index (χ3n) is 4.87. The van der Waals surface area contributed by atoms with Crippen molar-refractivity contribution in [1.29, 1.82) is 0 Å². The summed E-state index contributed by atoms with van der Waals surface area (Å²) < 4.78 is 41.6. The van der Waals surface area contributed by atoms with E-state index in [4.69, 9.17) is 0 Å². The van der Waals surface area contributed by atoms with E-state index in [1.54, 1.807) is 66.4 Å². The Morgan fingerprint density at radius 3 is 2.40 bits per heavy atom. The van der Waals surface area contributed by atoms with E-state index >= 15 is 0 Å². The van der Waals surface area contributed by atoms with Gasteiger partial charge in [-0.2, -0.15) is 0 Å². The largest absolute Gasteiger partial charge is 0.295 e. The number of carbonyl (C=O) groups is 1. The first kappa shape index (κ1) is 20.4. The summed E-state index contributed by atoms with van der Waals surface area (Å²) in [5.41, 5.74) is 2.22. The van der Waals surface area contributed by atoms with Crippen LogP contribution in [0, 0.1) is 12.7 Å². The predicted octanol–water partition coefficient (Wildman–Crippen LogP) is 4.71. The van der Waals surface area contributed by atoms with E-state index in [0.29, 0.717) is 22.7 Å². The van der Waals surface area contributed by atoms with E-state index < -0.39 is 10.0 Å². The number of carbonyl (C=O) groups excluding carboxylic acids is 1. The summed E-state index contributed by atoms with van der Waals surface area (Å²) in [5.74, 6) is -0.155. The third-order valence-corrected chi connectivity index (χ3v) is 7.48. The maximum Gasteiger partial charge on any atom is 0.261 e. The van der Waals surface area contributed by atoms with Gasteiger partial charge in [-0.25, -0.2) is 12.8 Å². The number of nitrogens with one attached hydrogen (secondary N) is 1. The van der Waals surface area contributed by atoms with Crippen molar-refractivity contribution in [3.05, 3.63) is 89.7 Å². The van der Waals surface area contributed by atoms with E-state index in [1.165, 1.54) is 30.0 Å². The van der Waals surface area contributed by atoms with Crippen LogP contribution in [0.2, 0.25) is 0 Å². The Kier molecular flexibility index (Phi) is 5.53. The van der Waals surface area contributed by atoms with Crippen molar-refractivity contribution >= 4 is 39.1 Å². The number of hydrogen-bond acceptors (Lipinski definition) is 4. The molecule has 1 unspecified atom stereocenters. The lowest BCUT2D eigenvalue weighted by atomic mass is 10.1. The molecule has 0 saturated carbocycles. The Morgan fingerprint density at radius 2 is 1.70 bits per heavy atom. The average molecular weight is 443 g/mol. The second kappa shape index (κ2) is 8.12. The SMILES string of the molecule is Cc1c(F)cccc1N1C(=O)CSC1c1ccc(NS(=O)(=O)c2ccccc2)cc1. The fraction of sp³-hybridized carbons (Fsp3) is 0.136. The van der Waals surface area contributed by atoms with Gasteiger partial charge in [0.25, 0.3) is 10.0 Å². The molecule has 8 heteroatoms. The van der Waals surface area contributed by atoms with Crippen LogP contribution in [0.4, 0.5) is 15.8 Å². The minimum Gasteiger partial charge on any atom is -0.295 e. The summed E-state index contributed by atoms with van der Waals surface area (Å²) >= 11 is 1.45. The molecule has 1 fully saturated rings. The van der Waals surface area contributed by atoms with Gasteiger partial charge >= 0.3 is 0 Å². The number of amides is 1. The molecule has 3 aromatic rings. The molecule has 0 aromatic heterocycles. The van der Waals surface area contributed by atoms with Crippen molar-refractivity contribution in [1.82, 2.24) is 0 Å². The fourth-order valence-corrected chi connectivity index (χ4v) is 5.57. The molecule has 1 N–H and O–H groups in total. The standard InChI is InChI=1S/C22H19FN2O3S2/c1-15-19(23)8-5-9-20(15)25-21(26)14-29-22(25)16-10-12-17(13-11-16)24-30(27,28)18-6-3-2-4-7-18/h2-13,22,24H,14H2,1H3. The van der Waals surface area contributed by atoms with Crippen LogP contribution in [-0.4, -0.2) is 20.1 Å². The molecule has 4 rings (SSSR count). The number of sulfonamides is 1. The smallest absolute Gasteiger partial charge is 0.261 e. The second-order valence-electron chi connectivity index (χ2n) is 6.85. The summed E-state index contributed by atoms with van der Waals surface area (Å²) in [7, 11) is -3.68. The van der Waals surface area contributed by atoms with Gasteiger partial charge in [0.05, 0.1) is 16.3 Å². The second-order valence-corrected chi connectivity index (χ2v) is 9.60. The fourth-order valence-electron chi connectivity index (χ4n) is 3.32. The van der Waals surface area contributed by atoms with Gasteiger partial charge in [-0.3, -0.25) is 14.4 Å². The summed E-state index contributed by atoms with van der Waals surface area (Å²) in [6.07, 6.45) is 0. The number of rotatable bonds is 5. The monoisotopic (exact) mass is 442 g/mol. The Labute approximate surface area is 179 Å². The van der Waals surface area contributed by atoms with Crippen LogP contribution in [0.3, 0.4) is 0 Å². The molecule has 1 aliphatic heterocycles. The molecule has 154 valence electrons. The van der Waals surface area contributed by atoms with Gasteiger partial charge in [0, 0.05) is 11.3 Å². The zero-order valence-electron chi connectivity index (χ0n) is 16.1. The minimum atomic E-state index is -3.68. The van der Waals surface area contributed by atoms with Crippen molar-refractivity contribution in [2.45, 2.75) is 17.2 Å². The highest BCUT2D eigenvalue weighted by Crippen LogP contribution is 2.43. The van der Waals surface area contributed by atoms with Crippen molar-refractivity contribution in [2.75, 3.05) is 15.4 Å². The van der Waals surface area contributed by atoms with Crippen LogP contribution >= 0.6 is 11.8 Å². The number of nitrogens with zero attached hydrogens (tertiary/aromatic N) is 1. The van der Waals surface area contributed by atoms with Crippen LogP contribution in [0.5, 0.6) is 0 Å². The third kappa shape index (κ3) is 3.93. The molecule has 5 nitrogen and oxygen atoms in total. The van der Waals surface area contributed by atoms with Crippen LogP contribution in [0.1, 0.15) is 16.5 Å². The molecule has 0 spiro atoms. The Morgan fingerprint density at radius 1 is 1.00 bits per heavy atom. The lowest BCUT2D eigenvalue weighted by Crippen LogP contribution is -2.28. The molecule has 1 heterocycles. The van der Waals surface area contributed by atoms with Crippen molar-refractivity contribution in [3.8, 4) is 0 Å². The van der Waals surface area contributed by atoms with E-state index in [1.807, 2.05) is 0 Å². The van der Waals surface area contributed by atoms with Gasteiger partial charge in [0.1, 0.15) is 11.2 Å². The molecular weight excluding hydrogens is 423 g/mol. The highest BCUT2D eigenvalue weighted by molar-refractivity contribution is 8.00. The summed E-state index contributed by atoms with van der Waals surface area (Å²) in [5, 5.41) is -0.308. The molecule has 1 atom stereocenters. The molecule has 0 bridgehead atoms. The number of benzene rings is 3. The van der Waals surface area contributed by atoms with Crippen LogP contribution in [0.15, 0.2) is 77.7 Å². The molecule has 0 aliphatic carbocycles. The quantitative estimate of drug-likeness (QED) is 0.621. The van der Waals surface area contributed by atoms with Crippen molar-refractivity contribution in [2.24, 2.45) is 0 Å². The first-order valence-electron chi connectivity index (χ1n) is 9.23. The van der Waals surface area contributed by atoms with Gasteiger partial charge < -0.3 is 0 Å². The normalized spacial score (nSPS) is 16.7. The molecular formula is C22H19FN2O3S2. The number of thioether (sulfide) groups is 1. The Bertz CT molecular complexity index is 1180. The Balaban J connectivity index is 1.59. The molecule has 30 heavy (non-hydrogen) atoms. The predicted molar refractivity (Wildman–Crippen MR) is 118 cm³/mol. The minimum absolute atomic E-state index is 0.0902. The highest BCUT2D eigenvalue weighted by Gasteiger charge is 2.35. The maximum absolute atomic E-state index is 14.0. The first-order valence-corrected chi connectivity index (χ1v) is 11.8. The van der Waals surface area contributed by atoms with Gasteiger partial charge in [-0.1, -0.05) is 36.4 Å². The zero-order chi connectivity index (χ0) is 21.3. The van der Waals surface area contributed by atoms with Gasteiger partial charge in [-0.05, 0) is 48.9 Å². The maximum atomic E-state index is 14.0. The Hall–Kier alpha value is -2.84. The molecule has 1 aliphatic rings. The molecule has 1 saturated heterocycles. The van der Waals surface area contributed by atoms with Gasteiger partial charge in [0.2, 0.25) is 5.91 Å². The highest BCUT2D eigenvalue weighted by atomic mass is 32.2. The van der Waals surface area contributed by atoms with Crippen LogP contribution in [0.25, 0.3) is 0 Å².